The van der Waals surface area contributed by atoms with Crippen LogP contribution in [0.2, 0.25) is 0 Å². The molecule has 0 spiro atoms. The summed E-state index contributed by atoms with van der Waals surface area (Å²) in [5.74, 6) is 1.96. The fourth-order valence-corrected chi connectivity index (χ4v) is 6.56. The third-order valence-electron chi connectivity index (χ3n) is 7.95. The fraction of sp³-hybridized carbons (Fsp3) is 0.556. The molecule has 3 fully saturated rings. The first-order valence-corrected chi connectivity index (χ1v) is 12.3. The van der Waals surface area contributed by atoms with Crippen LogP contribution >= 0.6 is 0 Å². The van der Waals surface area contributed by atoms with Crippen molar-refractivity contribution in [3.63, 3.8) is 0 Å². The summed E-state index contributed by atoms with van der Waals surface area (Å²) in [5.41, 5.74) is 2.67. The van der Waals surface area contributed by atoms with E-state index in [-0.39, 0.29) is 0 Å². The van der Waals surface area contributed by atoms with E-state index < -0.39 is 0 Å². The van der Waals surface area contributed by atoms with Gasteiger partial charge in [0, 0.05) is 24.3 Å². The van der Waals surface area contributed by atoms with Crippen molar-refractivity contribution >= 4 is 0 Å². The summed E-state index contributed by atoms with van der Waals surface area (Å²) in [4.78, 5) is 3.78. The molecule has 5 rings (SSSR count). The van der Waals surface area contributed by atoms with E-state index in [2.05, 4.69) is 54.6 Å². The highest BCUT2D eigenvalue weighted by atomic mass is 16.5. The zero-order valence-corrected chi connectivity index (χ0v) is 18.3. The van der Waals surface area contributed by atoms with Crippen LogP contribution in [0.15, 0.2) is 54.6 Å². The van der Waals surface area contributed by atoms with Crippen molar-refractivity contribution in [2.75, 3.05) is 19.6 Å². The zero-order chi connectivity index (χ0) is 20.2. The standard InChI is InChI=1S/C27H36N2O/c1-3-9-22(10-4-1)21-30-25-14-7-11-23(19-25)20-29-18-17-28-16-8-15-26(28)27(29)24-12-5-2-6-13-24/h1,3-4,7,9-11,14,19,24,26-27H,2,5-6,8,12-13,15-18,20-21H2/p+2/t26-,27+/m1/s1. The van der Waals surface area contributed by atoms with Crippen LogP contribution in [0.25, 0.3) is 0 Å². The van der Waals surface area contributed by atoms with Gasteiger partial charge >= 0.3 is 0 Å². The smallest absolute Gasteiger partial charge is 0.143 e. The van der Waals surface area contributed by atoms with Gasteiger partial charge in [-0.1, -0.05) is 61.7 Å². The maximum absolute atomic E-state index is 6.12. The number of quaternary nitrogens is 2. The number of piperazine rings is 1. The van der Waals surface area contributed by atoms with Crippen molar-refractivity contribution in [1.82, 2.24) is 0 Å². The molecule has 0 amide bonds. The van der Waals surface area contributed by atoms with E-state index >= 15 is 0 Å². The Kier molecular flexibility index (Phi) is 6.38. The normalized spacial score (nSPS) is 29.5. The van der Waals surface area contributed by atoms with E-state index in [1.165, 1.54) is 75.7 Å². The third-order valence-corrected chi connectivity index (χ3v) is 7.95. The van der Waals surface area contributed by atoms with E-state index in [1.807, 2.05) is 9.80 Å². The molecule has 160 valence electrons. The molecule has 1 saturated carbocycles. The van der Waals surface area contributed by atoms with Crippen molar-refractivity contribution in [3.8, 4) is 5.75 Å². The van der Waals surface area contributed by atoms with Crippen LogP contribution in [-0.4, -0.2) is 31.7 Å². The summed E-state index contributed by atoms with van der Waals surface area (Å²) in [6.45, 7) is 5.93. The van der Waals surface area contributed by atoms with Crippen LogP contribution in [0, 0.1) is 5.92 Å². The molecule has 2 heterocycles. The number of hydrogen-bond acceptors (Lipinski definition) is 1. The molecule has 3 aliphatic rings. The van der Waals surface area contributed by atoms with E-state index in [4.69, 9.17) is 4.74 Å². The number of benzene rings is 2. The van der Waals surface area contributed by atoms with Gasteiger partial charge in [0.1, 0.15) is 44.1 Å². The Labute approximate surface area is 182 Å². The van der Waals surface area contributed by atoms with E-state index in [9.17, 15) is 0 Å². The average Bonchev–Trinajstić information content (AvgIpc) is 3.28. The summed E-state index contributed by atoms with van der Waals surface area (Å²) < 4.78 is 6.12. The number of ether oxygens (including phenoxy) is 1. The van der Waals surface area contributed by atoms with Crippen LogP contribution in [0.3, 0.4) is 0 Å². The van der Waals surface area contributed by atoms with Crippen LogP contribution < -0.4 is 14.5 Å². The van der Waals surface area contributed by atoms with Gasteiger partial charge in [-0.3, -0.25) is 0 Å². The lowest BCUT2D eigenvalue weighted by molar-refractivity contribution is -1.05. The number of fused-ring (bicyclic) bond motifs is 1. The first-order valence-electron chi connectivity index (χ1n) is 12.3. The van der Waals surface area contributed by atoms with Gasteiger partial charge in [-0.15, -0.1) is 0 Å². The van der Waals surface area contributed by atoms with Gasteiger partial charge in [0.25, 0.3) is 0 Å². The summed E-state index contributed by atoms with van der Waals surface area (Å²) >= 11 is 0. The molecule has 0 bridgehead atoms. The zero-order valence-electron chi connectivity index (χ0n) is 18.3. The fourth-order valence-electron chi connectivity index (χ4n) is 6.56. The molecular weight excluding hydrogens is 368 g/mol. The molecule has 2 saturated heterocycles. The van der Waals surface area contributed by atoms with Crippen molar-refractivity contribution in [1.29, 1.82) is 0 Å². The molecule has 2 aliphatic heterocycles. The molecule has 0 radical (unpaired) electrons. The first kappa shape index (κ1) is 20.1. The predicted molar refractivity (Wildman–Crippen MR) is 121 cm³/mol. The Morgan fingerprint density at radius 1 is 0.767 bits per heavy atom. The maximum Gasteiger partial charge on any atom is 0.143 e. The molecule has 4 atom stereocenters. The maximum atomic E-state index is 6.12. The van der Waals surface area contributed by atoms with Gasteiger partial charge < -0.3 is 14.5 Å². The van der Waals surface area contributed by atoms with Crippen LogP contribution in [0.4, 0.5) is 0 Å². The lowest BCUT2D eigenvalue weighted by Gasteiger charge is -2.44. The number of hydrogen-bond donors (Lipinski definition) is 2. The Morgan fingerprint density at radius 3 is 2.47 bits per heavy atom. The van der Waals surface area contributed by atoms with E-state index in [0.717, 1.165) is 30.3 Å². The quantitative estimate of drug-likeness (QED) is 0.755. The lowest BCUT2D eigenvalue weighted by Crippen LogP contribution is -3.32. The molecule has 30 heavy (non-hydrogen) atoms. The number of rotatable bonds is 6. The Hall–Kier alpha value is -1.84. The third kappa shape index (κ3) is 4.58. The number of nitrogens with one attached hydrogen (secondary N) is 2. The van der Waals surface area contributed by atoms with Gasteiger partial charge in [-0.2, -0.15) is 0 Å². The molecular formula is C27H38N2O+2. The molecule has 2 unspecified atom stereocenters. The van der Waals surface area contributed by atoms with Crippen LogP contribution in [0.5, 0.6) is 5.75 Å². The minimum Gasteiger partial charge on any atom is -0.489 e. The summed E-state index contributed by atoms with van der Waals surface area (Å²) in [6, 6.07) is 21.2. The molecule has 2 N–H and O–H groups in total. The van der Waals surface area contributed by atoms with Crippen molar-refractivity contribution in [3.05, 3.63) is 65.7 Å². The van der Waals surface area contributed by atoms with E-state index in [1.54, 1.807) is 0 Å². The largest absolute Gasteiger partial charge is 0.489 e. The Bertz CT molecular complexity index is 802. The second kappa shape index (κ2) is 9.53. The molecule has 2 aromatic carbocycles. The van der Waals surface area contributed by atoms with Crippen molar-refractivity contribution in [2.45, 2.75) is 70.2 Å². The van der Waals surface area contributed by atoms with Crippen LogP contribution in [0.1, 0.15) is 56.1 Å². The molecule has 2 aromatic rings. The van der Waals surface area contributed by atoms with Crippen molar-refractivity contribution in [2.24, 2.45) is 5.92 Å². The van der Waals surface area contributed by atoms with Gasteiger partial charge in [0.2, 0.25) is 0 Å². The second-order valence-electron chi connectivity index (χ2n) is 9.84. The average molecular weight is 407 g/mol. The topological polar surface area (TPSA) is 18.1 Å². The predicted octanol–water partition coefficient (Wildman–Crippen LogP) is 2.66. The van der Waals surface area contributed by atoms with Gasteiger partial charge in [-0.05, 0) is 30.5 Å². The Morgan fingerprint density at radius 2 is 1.60 bits per heavy atom. The highest BCUT2D eigenvalue weighted by Crippen LogP contribution is 2.28. The molecule has 3 nitrogen and oxygen atoms in total. The summed E-state index contributed by atoms with van der Waals surface area (Å²) in [5, 5.41) is 0. The first-order chi connectivity index (χ1) is 14.9. The van der Waals surface area contributed by atoms with E-state index in [0.29, 0.717) is 6.61 Å². The van der Waals surface area contributed by atoms with Gasteiger partial charge in [0.05, 0.1) is 6.54 Å². The summed E-state index contributed by atoms with van der Waals surface area (Å²) in [7, 11) is 0. The van der Waals surface area contributed by atoms with Gasteiger partial charge in [0.15, 0.2) is 0 Å². The van der Waals surface area contributed by atoms with Crippen molar-refractivity contribution < 1.29 is 14.5 Å². The summed E-state index contributed by atoms with van der Waals surface area (Å²) in [6.07, 6.45) is 10.2. The highest BCUT2D eigenvalue weighted by Gasteiger charge is 2.49. The minimum absolute atomic E-state index is 0.645. The highest BCUT2D eigenvalue weighted by molar-refractivity contribution is 5.28. The Balaban J connectivity index is 1.28. The molecule has 0 aromatic heterocycles. The molecule has 1 aliphatic carbocycles. The second-order valence-corrected chi connectivity index (χ2v) is 9.84. The van der Waals surface area contributed by atoms with Crippen LogP contribution in [-0.2, 0) is 13.2 Å². The monoisotopic (exact) mass is 406 g/mol. The SMILES string of the molecule is c1ccc(COc2cccc(C[NH+]3CC[NH+]4CCC[C@@H]4[C@@H]3C3CCCCC3)c2)cc1. The van der Waals surface area contributed by atoms with Gasteiger partial charge in [-0.25, -0.2) is 0 Å². The molecule has 3 heteroatoms. The lowest BCUT2D eigenvalue weighted by atomic mass is 9.78. The minimum atomic E-state index is 0.645.